The molecular formula is C20H30BrFN4. The van der Waals surface area contributed by atoms with Crippen molar-refractivity contribution in [3.05, 3.63) is 34.1 Å². The van der Waals surface area contributed by atoms with Crippen molar-refractivity contribution in [2.75, 3.05) is 46.3 Å². The fraction of sp³-hybridized carbons (Fsp3) is 0.650. The molecule has 2 aliphatic heterocycles. The van der Waals surface area contributed by atoms with Crippen LogP contribution in [0.4, 0.5) is 4.39 Å². The summed E-state index contributed by atoms with van der Waals surface area (Å²) >= 11 is 3.30. The van der Waals surface area contributed by atoms with Crippen LogP contribution in [0.15, 0.2) is 27.7 Å². The predicted octanol–water partition coefficient (Wildman–Crippen LogP) is 3.51. The number of halogens is 2. The molecule has 1 unspecified atom stereocenters. The second kappa shape index (κ2) is 9.70. The molecule has 2 heterocycles. The lowest BCUT2D eigenvalue weighted by molar-refractivity contribution is 0.281. The van der Waals surface area contributed by atoms with Crippen LogP contribution in [0, 0.1) is 11.7 Å². The van der Waals surface area contributed by atoms with Crippen LogP contribution in [0.5, 0.6) is 0 Å². The van der Waals surface area contributed by atoms with E-state index >= 15 is 0 Å². The molecule has 0 aromatic heterocycles. The van der Waals surface area contributed by atoms with E-state index in [1.807, 2.05) is 19.2 Å². The molecule has 0 amide bonds. The molecule has 6 heteroatoms. The van der Waals surface area contributed by atoms with E-state index in [1.165, 1.54) is 45.0 Å². The van der Waals surface area contributed by atoms with E-state index in [9.17, 15) is 4.39 Å². The summed E-state index contributed by atoms with van der Waals surface area (Å²) in [5.74, 6) is 1.61. The molecule has 2 saturated heterocycles. The van der Waals surface area contributed by atoms with Crippen LogP contribution >= 0.6 is 15.9 Å². The Balaban J connectivity index is 1.39. The van der Waals surface area contributed by atoms with Crippen molar-refractivity contribution < 1.29 is 4.39 Å². The maximum Gasteiger partial charge on any atom is 0.193 e. The molecule has 0 aliphatic carbocycles. The van der Waals surface area contributed by atoms with Crippen LogP contribution in [-0.4, -0.2) is 62.1 Å². The Morgan fingerprint density at radius 1 is 1.31 bits per heavy atom. The Labute approximate surface area is 165 Å². The first kappa shape index (κ1) is 19.6. The monoisotopic (exact) mass is 424 g/mol. The van der Waals surface area contributed by atoms with Crippen LogP contribution in [0.3, 0.4) is 0 Å². The molecule has 26 heavy (non-hydrogen) atoms. The Bertz CT molecular complexity index is 616. The number of rotatable bonds is 6. The predicted molar refractivity (Wildman–Crippen MR) is 109 cm³/mol. The average molecular weight is 425 g/mol. The summed E-state index contributed by atoms with van der Waals surface area (Å²) < 4.78 is 14.7. The maximum absolute atomic E-state index is 13.9. The van der Waals surface area contributed by atoms with Gasteiger partial charge in [-0.25, -0.2) is 4.39 Å². The van der Waals surface area contributed by atoms with Gasteiger partial charge in [-0.15, -0.1) is 0 Å². The minimum atomic E-state index is -0.131. The van der Waals surface area contributed by atoms with Gasteiger partial charge in [0.15, 0.2) is 5.96 Å². The third kappa shape index (κ3) is 5.43. The molecule has 2 aliphatic rings. The highest BCUT2D eigenvalue weighted by atomic mass is 79.9. The Hall–Kier alpha value is -1.14. The van der Waals surface area contributed by atoms with Gasteiger partial charge in [-0.1, -0.05) is 22.0 Å². The highest BCUT2D eigenvalue weighted by Gasteiger charge is 2.27. The number of hydrogen-bond acceptors (Lipinski definition) is 2. The summed E-state index contributed by atoms with van der Waals surface area (Å²) in [7, 11) is 1.85. The van der Waals surface area contributed by atoms with Crippen molar-refractivity contribution in [3.63, 3.8) is 0 Å². The van der Waals surface area contributed by atoms with Crippen LogP contribution in [0.2, 0.25) is 0 Å². The lowest BCUT2D eigenvalue weighted by atomic mass is 10.1. The number of hydrogen-bond donors (Lipinski definition) is 1. The largest absolute Gasteiger partial charge is 0.356 e. The molecule has 4 nitrogen and oxygen atoms in total. The summed E-state index contributed by atoms with van der Waals surface area (Å²) in [6.07, 6.45) is 5.60. The zero-order valence-corrected chi connectivity index (χ0v) is 17.3. The normalized spacial score (nSPS) is 21.6. The summed E-state index contributed by atoms with van der Waals surface area (Å²) in [5, 5.41) is 3.46. The first-order valence-electron chi connectivity index (χ1n) is 9.77. The molecule has 3 rings (SSSR count). The number of nitrogens with one attached hydrogen (secondary N) is 1. The summed E-state index contributed by atoms with van der Waals surface area (Å²) in [6.45, 7) is 6.77. The Morgan fingerprint density at radius 3 is 2.85 bits per heavy atom. The van der Waals surface area contributed by atoms with Crippen LogP contribution in [0.1, 0.15) is 31.2 Å². The van der Waals surface area contributed by atoms with Crippen molar-refractivity contribution in [1.29, 1.82) is 0 Å². The van der Waals surface area contributed by atoms with Gasteiger partial charge in [-0.3, -0.25) is 4.99 Å². The van der Waals surface area contributed by atoms with Crippen LogP contribution < -0.4 is 5.32 Å². The van der Waals surface area contributed by atoms with Gasteiger partial charge >= 0.3 is 0 Å². The summed E-state index contributed by atoms with van der Waals surface area (Å²) in [5.41, 5.74) is 0.775. The zero-order chi connectivity index (χ0) is 18.4. The van der Waals surface area contributed by atoms with Crippen LogP contribution in [-0.2, 0) is 6.42 Å². The number of likely N-dealkylation sites (tertiary alicyclic amines) is 2. The minimum Gasteiger partial charge on any atom is -0.356 e. The van der Waals surface area contributed by atoms with Crippen molar-refractivity contribution in [2.45, 2.75) is 32.1 Å². The van der Waals surface area contributed by atoms with Gasteiger partial charge in [0.1, 0.15) is 5.82 Å². The van der Waals surface area contributed by atoms with Crippen molar-refractivity contribution in [3.8, 4) is 0 Å². The number of guanidine groups is 1. The van der Waals surface area contributed by atoms with E-state index < -0.39 is 0 Å². The molecule has 1 N–H and O–H groups in total. The van der Waals surface area contributed by atoms with Crippen molar-refractivity contribution in [2.24, 2.45) is 10.9 Å². The molecule has 2 fully saturated rings. The molecule has 1 aromatic rings. The highest BCUT2D eigenvalue weighted by molar-refractivity contribution is 9.10. The van der Waals surface area contributed by atoms with E-state index in [4.69, 9.17) is 0 Å². The van der Waals surface area contributed by atoms with Gasteiger partial charge in [0.05, 0.1) is 0 Å². The van der Waals surface area contributed by atoms with Crippen molar-refractivity contribution >= 4 is 21.9 Å². The second-order valence-corrected chi connectivity index (χ2v) is 8.34. The molecular weight excluding hydrogens is 395 g/mol. The Morgan fingerprint density at radius 2 is 2.12 bits per heavy atom. The number of benzene rings is 1. The summed E-state index contributed by atoms with van der Waals surface area (Å²) in [6, 6.07) is 5.29. The van der Waals surface area contributed by atoms with Gasteiger partial charge in [0.2, 0.25) is 0 Å². The van der Waals surface area contributed by atoms with E-state index in [1.54, 1.807) is 0 Å². The molecule has 1 aromatic carbocycles. The number of aliphatic imine (C=N–C) groups is 1. The highest BCUT2D eigenvalue weighted by Crippen LogP contribution is 2.20. The SMILES string of the molecule is CN=C(NCCCc1ccc(Br)cc1F)N1CCC(CN2CCCC2)C1. The fourth-order valence-corrected chi connectivity index (χ4v) is 4.37. The second-order valence-electron chi connectivity index (χ2n) is 7.42. The third-order valence-corrected chi connectivity index (χ3v) is 5.93. The standard InChI is InChI=1S/C20H30BrFN4/c1-23-20(24-9-4-5-17-6-7-18(21)13-19(17)22)26-12-8-16(15-26)14-25-10-2-3-11-25/h6-7,13,16H,2-5,8-12,14-15H2,1H3,(H,23,24). The molecule has 144 valence electrons. The number of nitrogens with zero attached hydrogens (tertiary/aromatic N) is 3. The first-order valence-corrected chi connectivity index (χ1v) is 10.6. The van der Waals surface area contributed by atoms with E-state index in [2.05, 4.69) is 36.0 Å². The van der Waals surface area contributed by atoms with Gasteiger partial charge < -0.3 is 15.1 Å². The van der Waals surface area contributed by atoms with E-state index in [-0.39, 0.29) is 5.82 Å². The van der Waals surface area contributed by atoms with Crippen LogP contribution in [0.25, 0.3) is 0 Å². The van der Waals surface area contributed by atoms with E-state index in [0.29, 0.717) is 0 Å². The summed E-state index contributed by atoms with van der Waals surface area (Å²) in [4.78, 5) is 9.43. The zero-order valence-electron chi connectivity index (χ0n) is 15.7. The third-order valence-electron chi connectivity index (χ3n) is 5.43. The van der Waals surface area contributed by atoms with Crippen molar-refractivity contribution in [1.82, 2.24) is 15.1 Å². The Kier molecular flexibility index (Phi) is 7.32. The lowest BCUT2D eigenvalue weighted by Gasteiger charge is -2.23. The fourth-order valence-electron chi connectivity index (χ4n) is 4.04. The quantitative estimate of drug-likeness (QED) is 0.430. The smallest absolute Gasteiger partial charge is 0.193 e. The molecule has 0 saturated carbocycles. The average Bonchev–Trinajstić information content (AvgIpc) is 3.29. The number of aryl methyl sites for hydroxylation is 1. The molecule has 1 atom stereocenters. The van der Waals surface area contributed by atoms with Gasteiger partial charge in [-0.05, 0) is 68.8 Å². The lowest BCUT2D eigenvalue weighted by Crippen LogP contribution is -2.41. The maximum atomic E-state index is 13.9. The first-order chi connectivity index (χ1) is 12.7. The van der Waals surface area contributed by atoms with E-state index in [0.717, 1.165) is 54.4 Å². The molecule has 0 bridgehead atoms. The molecule has 0 radical (unpaired) electrons. The minimum absolute atomic E-state index is 0.131. The van der Waals surface area contributed by atoms with Gasteiger partial charge in [-0.2, -0.15) is 0 Å². The topological polar surface area (TPSA) is 30.9 Å². The van der Waals surface area contributed by atoms with Gasteiger partial charge in [0.25, 0.3) is 0 Å². The van der Waals surface area contributed by atoms with Gasteiger partial charge in [0, 0.05) is 37.7 Å². The molecule has 0 spiro atoms.